The second-order valence-electron chi connectivity index (χ2n) is 7.24. The molecule has 7 heteroatoms. The second-order valence-corrected chi connectivity index (χ2v) is 9.14. The van der Waals surface area contributed by atoms with Gasteiger partial charge in [-0.2, -0.15) is 0 Å². The average Bonchev–Trinajstić information content (AvgIpc) is 2.77. The Labute approximate surface area is 183 Å². The number of rotatable bonds is 9. The van der Waals surface area contributed by atoms with Crippen molar-refractivity contribution in [2.75, 3.05) is 17.1 Å². The summed E-state index contributed by atoms with van der Waals surface area (Å²) in [6, 6.07) is 25.7. The fraction of sp³-hybridized carbons (Fsp3) is 0.208. The zero-order valence-corrected chi connectivity index (χ0v) is 18.4. The molecule has 0 heterocycles. The van der Waals surface area contributed by atoms with E-state index >= 15 is 0 Å². The Kier molecular flexibility index (Phi) is 7.31. The summed E-state index contributed by atoms with van der Waals surface area (Å²) in [6.45, 7) is 1.97. The standard InChI is InChI=1S/C24H26N2O4S/c1-19(21-11-7-4-8-12-21)25-24(27)17-26(31(2,28)29)22-13-15-23(16-14-22)30-18-20-9-5-3-6-10-20/h3-16,19H,17-18H2,1-2H3,(H,25,27). The molecule has 0 fully saturated rings. The molecule has 0 aliphatic rings. The minimum Gasteiger partial charge on any atom is -0.489 e. The van der Waals surface area contributed by atoms with Crippen LogP contribution in [-0.2, 0) is 21.4 Å². The largest absolute Gasteiger partial charge is 0.489 e. The van der Waals surface area contributed by atoms with Crippen molar-refractivity contribution in [3.63, 3.8) is 0 Å². The van der Waals surface area contributed by atoms with Gasteiger partial charge < -0.3 is 10.1 Å². The van der Waals surface area contributed by atoms with Crippen LogP contribution >= 0.6 is 0 Å². The lowest BCUT2D eigenvalue weighted by atomic mass is 10.1. The first-order valence-electron chi connectivity index (χ1n) is 9.92. The fourth-order valence-electron chi connectivity index (χ4n) is 3.09. The van der Waals surface area contributed by atoms with E-state index in [-0.39, 0.29) is 18.5 Å². The molecule has 0 bridgehead atoms. The van der Waals surface area contributed by atoms with Crippen LogP contribution in [0.25, 0.3) is 0 Å². The predicted molar refractivity (Wildman–Crippen MR) is 122 cm³/mol. The second kappa shape index (κ2) is 10.1. The van der Waals surface area contributed by atoms with E-state index in [0.29, 0.717) is 18.0 Å². The van der Waals surface area contributed by atoms with Crippen molar-refractivity contribution < 1.29 is 17.9 Å². The molecule has 1 N–H and O–H groups in total. The molecule has 0 spiro atoms. The quantitative estimate of drug-likeness (QED) is 0.550. The van der Waals surface area contributed by atoms with Crippen LogP contribution in [-0.4, -0.2) is 27.1 Å². The first-order valence-corrected chi connectivity index (χ1v) is 11.8. The van der Waals surface area contributed by atoms with Crippen LogP contribution in [0.2, 0.25) is 0 Å². The molecule has 1 atom stereocenters. The highest BCUT2D eigenvalue weighted by Crippen LogP contribution is 2.22. The SMILES string of the molecule is CC(NC(=O)CN(c1ccc(OCc2ccccc2)cc1)S(C)(=O)=O)c1ccccc1. The summed E-state index contributed by atoms with van der Waals surface area (Å²) >= 11 is 0. The van der Waals surface area contributed by atoms with E-state index in [9.17, 15) is 13.2 Å². The third-order valence-electron chi connectivity index (χ3n) is 4.74. The highest BCUT2D eigenvalue weighted by molar-refractivity contribution is 7.92. The van der Waals surface area contributed by atoms with E-state index in [4.69, 9.17) is 4.74 Å². The van der Waals surface area contributed by atoms with Crippen LogP contribution in [0.15, 0.2) is 84.9 Å². The van der Waals surface area contributed by atoms with Gasteiger partial charge in [-0.3, -0.25) is 9.10 Å². The Bertz CT molecular complexity index is 1090. The molecule has 3 rings (SSSR count). The Morgan fingerprint density at radius 1 is 0.935 bits per heavy atom. The number of ether oxygens (including phenoxy) is 1. The number of amides is 1. The van der Waals surface area contributed by atoms with Gasteiger partial charge in [0.15, 0.2) is 0 Å². The van der Waals surface area contributed by atoms with E-state index in [1.807, 2.05) is 67.6 Å². The van der Waals surface area contributed by atoms with Gasteiger partial charge in [0.25, 0.3) is 0 Å². The van der Waals surface area contributed by atoms with Crippen molar-refractivity contribution in [3.05, 3.63) is 96.1 Å². The molecule has 0 aliphatic carbocycles. The van der Waals surface area contributed by atoms with Gasteiger partial charge >= 0.3 is 0 Å². The van der Waals surface area contributed by atoms with Crippen LogP contribution in [0, 0.1) is 0 Å². The van der Waals surface area contributed by atoms with Crippen molar-refractivity contribution in [2.45, 2.75) is 19.6 Å². The summed E-state index contributed by atoms with van der Waals surface area (Å²) in [5.74, 6) is 0.231. The molecule has 1 amide bonds. The minimum absolute atomic E-state index is 0.233. The summed E-state index contributed by atoms with van der Waals surface area (Å²) in [6.07, 6.45) is 1.08. The maximum Gasteiger partial charge on any atom is 0.241 e. The maximum atomic E-state index is 12.5. The van der Waals surface area contributed by atoms with Gasteiger partial charge in [-0.15, -0.1) is 0 Å². The molecule has 0 aromatic heterocycles. The number of nitrogens with one attached hydrogen (secondary N) is 1. The van der Waals surface area contributed by atoms with E-state index in [2.05, 4.69) is 5.32 Å². The first kappa shape index (κ1) is 22.4. The number of carbonyl (C=O) groups excluding carboxylic acids is 1. The van der Waals surface area contributed by atoms with Crippen molar-refractivity contribution >= 4 is 21.6 Å². The normalized spacial score (nSPS) is 12.1. The van der Waals surface area contributed by atoms with Crippen molar-refractivity contribution in [1.82, 2.24) is 5.32 Å². The van der Waals surface area contributed by atoms with Crippen LogP contribution in [0.1, 0.15) is 24.1 Å². The molecule has 3 aromatic carbocycles. The first-order chi connectivity index (χ1) is 14.8. The maximum absolute atomic E-state index is 12.5. The molecule has 0 saturated carbocycles. The number of anilines is 1. The number of hydrogen-bond acceptors (Lipinski definition) is 4. The summed E-state index contributed by atoms with van der Waals surface area (Å²) < 4.78 is 31.5. The lowest BCUT2D eigenvalue weighted by molar-refractivity contribution is -0.120. The molecule has 0 saturated heterocycles. The van der Waals surface area contributed by atoms with Crippen molar-refractivity contribution in [3.8, 4) is 5.75 Å². The van der Waals surface area contributed by atoms with Gasteiger partial charge in [0.2, 0.25) is 15.9 Å². The smallest absolute Gasteiger partial charge is 0.241 e. The van der Waals surface area contributed by atoms with Gasteiger partial charge in [-0.1, -0.05) is 60.7 Å². The monoisotopic (exact) mass is 438 g/mol. The van der Waals surface area contributed by atoms with Crippen LogP contribution in [0.5, 0.6) is 5.75 Å². The summed E-state index contributed by atoms with van der Waals surface area (Å²) in [4.78, 5) is 12.5. The van der Waals surface area contributed by atoms with Crippen LogP contribution < -0.4 is 14.4 Å². The molecule has 31 heavy (non-hydrogen) atoms. The van der Waals surface area contributed by atoms with E-state index < -0.39 is 10.0 Å². The molecule has 1 unspecified atom stereocenters. The highest BCUT2D eigenvalue weighted by atomic mass is 32.2. The van der Waals surface area contributed by atoms with E-state index in [0.717, 1.165) is 21.7 Å². The zero-order chi connectivity index (χ0) is 22.3. The van der Waals surface area contributed by atoms with Gasteiger partial charge in [-0.05, 0) is 42.3 Å². The van der Waals surface area contributed by atoms with E-state index in [1.54, 1.807) is 24.3 Å². The topological polar surface area (TPSA) is 75.7 Å². The van der Waals surface area contributed by atoms with E-state index in [1.165, 1.54) is 0 Å². The van der Waals surface area contributed by atoms with Crippen LogP contribution in [0.3, 0.4) is 0 Å². The average molecular weight is 439 g/mol. The summed E-state index contributed by atoms with van der Waals surface area (Å²) in [5.41, 5.74) is 2.38. The molecular formula is C24H26N2O4S. The van der Waals surface area contributed by atoms with Crippen molar-refractivity contribution in [1.29, 1.82) is 0 Å². The Balaban J connectivity index is 1.65. The zero-order valence-electron chi connectivity index (χ0n) is 17.6. The van der Waals surface area contributed by atoms with Gasteiger partial charge in [0.1, 0.15) is 18.9 Å². The van der Waals surface area contributed by atoms with Crippen LogP contribution in [0.4, 0.5) is 5.69 Å². The molecule has 3 aromatic rings. The molecule has 6 nitrogen and oxygen atoms in total. The predicted octanol–water partition coefficient (Wildman–Crippen LogP) is 3.91. The number of nitrogens with zero attached hydrogens (tertiary/aromatic N) is 1. The lowest BCUT2D eigenvalue weighted by Gasteiger charge is -2.23. The summed E-state index contributed by atoms with van der Waals surface area (Å²) in [5, 5.41) is 2.85. The molecule has 162 valence electrons. The number of sulfonamides is 1. The molecule has 0 aliphatic heterocycles. The molecule has 0 radical (unpaired) electrons. The molecular weight excluding hydrogens is 412 g/mol. The third kappa shape index (κ3) is 6.58. The number of hydrogen-bond donors (Lipinski definition) is 1. The summed E-state index contributed by atoms with van der Waals surface area (Å²) in [7, 11) is -3.65. The van der Waals surface area contributed by atoms with Gasteiger partial charge in [0, 0.05) is 0 Å². The lowest BCUT2D eigenvalue weighted by Crippen LogP contribution is -2.41. The van der Waals surface area contributed by atoms with Crippen molar-refractivity contribution in [2.24, 2.45) is 0 Å². The third-order valence-corrected chi connectivity index (χ3v) is 5.88. The van der Waals surface area contributed by atoms with Gasteiger partial charge in [-0.25, -0.2) is 8.42 Å². The number of benzene rings is 3. The van der Waals surface area contributed by atoms with Gasteiger partial charge in [0.05, 0.1) is 18.0 Å². The Hall–Kier alpha value is -3.32. The Morgan fingerprint density at radius 2 is 1.52 bits per heavy atom. The minimum atomic E-state index is -3.65. The fourth-order valence-corrected chi connectivity index (χ4v) is 3.95. The number of carbonyl (C=O) groups is 1. The highest BCUT2D eigenvalue weighted by Gasteiger charge is 2.22. The Morgan fingerprint density at radius 3 is 2.10 bits per heavy atom.